The van der Waals surface area contributed by atoms with E-state index >= 15 is 0 Å². The summed E-state index contributed by atoms with van der Waals surface area (Å²) in [5.41, 5.74) is 0. The number of carboxylic acids is 1. The van der Waals surface area contributed by atoms with Crippen molar-refractivity contribution in [3.63, 3.8) is 0 Å². The highest BCUT2D eigenvalue weighted by Gasteiger charge is 2.17. The average Bonchev–Trinajstić information content (AvgIpc) is 1.87. The molecule has 0 spiro atoms. The van der Waals surface area contributed by atoms with Crippen molar-refractivity contribution in [1.29, 1.82) is 0 Å². The van der Waals surface area contributed by atoms with Crippen molar-refractivity contribution in [2.45, 2.75) is 6.42 Å². The van der Waals surface area contributed by atoms with Gasteiger partial charge in [-0.2, -0.15) is 0 Å². The lowest BCUT2D eigenvalue weighted by molar-refractivity contribution is -0.184. The van der Waals surface area contributed by atoms with Crippen LogP contribution in [0.3, 0.4) is 0 Å². The molecule has 0 saturated heterocycles. The Balaban J connectivity index is 3.80. The zero-order valence-corrected chi connectivity index (χ0v) is 4.67. The molecule has 0 amide bonds. The van der Waals surface area contributed by atoms with Crippen LogP contribution in [0.15, 0.2) is 0 Å². The van der Waals surface area contributed by atoms with Crippen LogP contribution in [-0.2, 0) is 19.3 Å². The number of carbonyl (C=O) groups excluding carboxylic acids is 2. The lowest BCUT2D eigenvalue weighted by Gasteiger charge is -1.87. The molecule has 1 N–H and O–H groups in total. The summed E-state index contributed by atoms with van der Waals surface area (Å²) < 4.78 is 10.8. The van der Waals surface area contributed by atoms with Gasteiger partial charge in [-0.1, -0.05) is 0 Å². The molecule has 0 radical (unpaired) electrons. The molecule has 0 fully saturated rings. The molecule has 0 aromatic rings. The first-order chi connectivity index (χ1) is 4.57. The molecular weight excluding hydrogens is 147 g/mol. The number of ketones is 1. The molecule has 10 heavy (non-hydrogen) atoms. The Bertz CT molecular complexity index is 174. The minimum atomic E-state index is -1.79. The maximum atomic E-state index is 10.8. The van der Waals surface area contributed by atoms with Crippen molar-refractivity contribution >= 4 is 17.7 Å². The Morgan fingerprint density at radius 1 is 1.40 bits per heavy atom. The zero-order chi connectivity index (χ0) is 8.15. The fraction of sp³-hybridized carbons (Fsp3) is 0.250. The second-order valence-corrected chi connectivity index (χ2v) is 1.35. The number of aliphatic carboxylic acids is 1. The molecule has 0 heterocycles. The van der Waals surface area contributed by atoms with Crippen LogP contribution in [0, 0.1) is 0 Å². The highest BCUT2D eigenvalue weighted by Crippen LogP contribution is 1.88. The van der Waals surface area contributed by atoms with E-state index in [1.54, 1.807) is 0 Å². The Morgan fingerprint density at radius 2 is 1.90 bits per heavy atom. The molecular formula is C4H3FO5. The van der Waals surface area contributed by atoms with Gasteiger partial charge in [0.15, 0.2) is 0 Å². The van der Waals surface area contributed by atoms with E-state index in [4.69, 9.17) is 5.11 Å². The fourth-order valence-corrected chi connectivity index (χ4v) is 0.234. The van der Waals surface area contributed by atoms with Crippen molar-refractivity contribution in [1.82, 2.24) is 0 Å². The summed E-state index contributed by atoms with van der Waals surface area (Å²) in [5.74, 6) is -4.69. The van der Waals surface area contributed by atoms with E-state index in [0.29, 0.717) is 0 Å². The highest BCUT2D eigenvalue weighted by molar-refractivity contribution is 6.35. The average molecular weight is 150 g/mol. The van der Waals surface area contributed by atoms with Crippen LogP contribution in [0.25, 0.3) is 0 Å². The smallest absolute Gasteiger partial charge is 0.372 e. The number of Topliss-reactive ketones (excluding diaryl/α,β-unsaturated/α-hetero) is 1. The van der Waals surface area contributed by atoms with Crippen LogP contribution >= 0.6 is 0 Å². The molecule has 6 heteroatoms. The summed E-state index contributed by atoms with van der Waals surface area (Å²) in [6, 6.07) is 0. The molecule has 0 aliphatic carbocycles. The summed E-state index contributed by atoms with van der Waals surface area (Å²) in [7, 11) is 0. The van der Waals surface area contributed by atoms with Crippen LogP contribution in [0.5, 0.6) is 0 Å². The Hall–Kier alpha value is -1.46. The monoisotopic (exact) mass is 150 g/mol. The first-order valence-corrected chi connectivity index (χ1v) is 2.15. The summed E-state index contributed by atoms with van der Waals surface area (Å²) in [6.07, 6.45) is -1.08. The molecule has 0 aromatic heterocycles. The molecule has 0 saturated carbocycles. The first-order valence-electron chi connectivity index (χ1n) is 2.15. The van der Waals surface area contributed by atoms with Crippen LogP contribution in [0.1, 0.15) is 6.42 Å². The van der Waals surface area contributed by atoms with Gasteiger partial charge in [0.2, 0.25) is 0 Å². The van der Waals surface area contributed by atoms with Crippen LogP contribution in [0.2, 0.25) is 0 Å². The van der Waals surface area contributed by atoms with E-state index in [0.717, 1.165) is 0 Å². The van der Waals surface area contributed by atoms with Gasteiger partial charge in [0, 0.05) is 4.53 Å². The number of hydrogen-bond acceptors (Lipinski definition) is 4. The van der Waals surface area contributed by atoms with Gasteiger partial charge < -0.3 is 5.11 Å². The minimum absolute atomic E-state index is 1.08. The summed E-state index contributed by atoms with van der Waals surface area (Å²) in [4.78, 5) is 32.1. The van der Waals surface area contributed by atoms with Crippen LogP contribution < -0.4 is 0 Å². The Labute approximate surface area is 54.3 Å². The number of hydrogen-bond donors (Lipinski definition) is 1. The van der Waals surface area contributed by atoms with E-state index < -0.39 is 24.1 Å². The van der Waals surface area contributed by atoms with Gasteiger partial charge in [0.05, 0.1) is 0 Å². The predicted octanol–water partition coefficient (Wildman–Crippen LogP) is -0.542. The van der Waals surface area contributed by atoms with Crippen molar-refractivity contribution in [3.05, 3.63) is 0 Å². The third-order valence-electron chi connectivity index (χ3n) is 0.629. The van der Waals surface area contributed by atoms with Crippen molar-refractivity contribution in [3.8, 4) is 0 Å². The maximum absolute atomic E-state index is 10.8. The second kappa shape index (κ2) is 3.54. The minimum Gasteiger partial charge on any atom is -0.475 e. The Kier molecular flexibility index (Phi) is 3.03. The lowest BCUT2D eigenvalue weighted by atomic mass is 10.3. The topological polar surface area (TPSA) is 80.7 Å². The number of carbonyl (C=O) groups is 3. The number of rotatable bonds is 3. The van der Waals surface area contributed by atoms with Crippen molar-refractivity contribution < 1.29 is 29.0 Å². The Morgan fingerprint density at radius 3 is 2.20 bits per heavy atom. The standard InChI is InChI=1S/C4H3FO5/c5-10-3(7)1-2(6)4(8)9/h1H2,(H,8,9). The van der Waals surface area contributed by atoms with E-state index in [1.165, 1.54) is 0 Å². The molecule has 0 aliphatic rings. The molecule has 0 aromatic carbocycles. The fourth-order valence-electron chi connectivity index (χ4n) is 0.234. The molecule has 56 valence electrons. The van der Waals surface area contributed by atoms with Crippen molar-refractivity contribution in [2.75, 3.05) is 0 Å². The van der Waals surface area contributed by atoms with E-state index in [1.807, 2.05) is 0 Å². The molecule has 0 atom stereocenters. The normalized spacial score (nSPS) is 8.50. The second-order valence-electron chi connectivity index (χ2n) is 1.35. The zero-order valence-electron chi connectivity index (χ0n) is 4.67. The summed E-state index contributed by atoms with van der Waals surface area (Å²) >= 11 is 0. The van der Waals surface area contributed by atoms with Gasteiger partial charge in [0.25, 0.3) is 5.78 Å². The molecule has 0 rings (SSSR count). The van der Waals surface area contributed by atoms with Gasteiger partial charge in [-0.25, -0.2) is 9.59 Å². The van der Waals surface area contributed by atoms with E-state index in [-0.39, 0.29) is 0 Å². The van der Waals surface area contributed by atoms with Crippen LogP contribution in [-0.4, -0.2) is 22.8 Å². The van der Waals surface area contributed by atoms with Crippen molar-refractivity contribution in [2.24, 2.45) is 0 Å². The quantitative estimate of drug-likeness (QED) is 0.431. The first kappa shape index (κ1) is 8.54. The predicted molar refractivity (Wildman–Crippen MR) is 24.5 cm³/mol. The van der Waals surface area contributed by atoms with Gasteiger partial charge in [-0.15, -0.1) is 0 Å². The van der Waals surface area contributed by atoms with Gasteiger partial charge in [-0.05, 0) is 0 Å². The van der Waals surface area contributed by atoms with Gasteiger partial charge >= 0.3 is 11.9 Å². The molecule has 0 aliphatic heterocycles. The van der Waals surface area contributed by atoms with Crippen LogP contribution in [0.4, 0.5) is 4.53 Å². The summed E-state index contributed by atoms with van der Waals surface area (Å²) in [5, 5.41) is 7.85. The van der Waals surface area contributed by atoms with E-state index in [2.05, 4.69) is 4.94 Å². The largest absolute Gasteiger partial charge is 0.475 e. The number of halogens is 1. The third kappa shape index (κ3) is 2.75. The molecule has 0 bridgehead atoms. The molecule has 0 unspecified atom stereocenters. The highest BCUT2D eigenvalue weighted by atomic mass is 19.3. The summed E-state index contributed by atoms with van der Waals surface area (Å²) in [6.45, 7) is 0. The van der Waals surface area contributed by atoms with Gasteiger partial charge in [0.1, 0.15) is 6.42 Å². The molecule has 5 nitrogen and oxygen atoms in total. The maximum Gasteiger partial charge on any atom is 0.372 e. The lowest BCUT2D eigenvalue weighted by Crippen LogP contribution is -2.16. The number of carboxylic acid groups (broad SMARTS) is 1. The van der Waals surface area contributed by atoms with Gasteiger partial charge in [-0.3, -0.25) is 9.74 Å². The SMILES string of the molecule is O=C(CC(=O)C(=O)O)OF. The van der Waals surface area contributed by atoms with E-state index in [9.17, 15) is 18.9 Å². The third-order valence-corrected chi connectivity index (χ3v) is 0.629.